The molecule has 1 aliphatic rings. The van der Waals surface area contributed by atoms with Gasteiger partial charge in [-0.15, -0.1) is 0 Å². The number of carbonyl (C=O) groups is 2. The Bertz CT molecular complexity index is 1120. The molecule has 0 radical (unpaired) electrons. The Kier molecular flexibility index (Phi) is 9.04. The molecule has 0 aromatic carbocycles. The molecule has 1 saturated carbocycles. The fourth-order valence-electron chi connectivity index (χ4n) is 4.16. The predicted molar refractivity (Wildman–Crippen MR) is 131 cm³/mol. The van der Waals surface area contributed by atoms with E-state index in [1.807, 2.05) is 0 Å². The number of nitrogens with one attached hydrogen (secondary N) is 1. The first-order valence-electron chi connectivity index (χ1n) is 12.0. The smallest absolute Gasteiger partial charge is 0.335 e. The number of carboxylic acids is 1. The van der Waals surface area contributed by atoms with E-state index < -0.39 is 49.7 Å². The molecule has 3 rings (SSSR count). The number of aliphatic carboxylic acids is 1. The molecule has 4 N–H and O–H groups in total. The second kappa shape index (κ2) is 11.6. The summed E-state index contributed by atoms with van der Waals surface area (Å²) in [5.74, 6) is -1.56. The summed E-state index contributed by atoms with van der Waals surface area (Å²) in [5, 5.41) is 12.8. The summed E-state index contributed by atoms with van der Waals surface area (Å²) in [6.07, 6.45) is 3.15. The number of fused-ring (bicyclic) bond motifs is 1. The summed E-state index contributed by atoms with van der Waals surface area (Å²) in [7, 11) is -3.98. The summed E-state index contributed by atoms with van der Waals surface area (Å²) in [6.45, 7) is 6.84. The van der Waals surface area contributed by atoms with Gasteiger partial charge < -0.3 is 29.4 Å². The third kappa shape index (κ3) is 6.78. The van der Waals surface area contributed by atoms with Crippen LogP contribution < -0.4 is 10.8 Å². The highest BCUT2D eigenvalue weighted by Crippen LogP contribution is 2.49. The molecule has 36 heavy (non-hydrogen) atoms. The number of carbonyl (C=O) groups excluding carboxylic acids is 1. The Hall–Kier alpha value is -2.60. The quantitative estimate of drug-likeness (QED) is 0.272. The van der Waals surface area contributed by atoms with Gasteiger partial charge in [0.2, 0.25) is 0 Å². The first-order chi connectivity index (χ1) is 16.9. The van der Waals surface area contributed by atoms with Gasteiger partial charge in [-0.3, -0.25) is 9.36 Å². The molecular formula is C22H35N6O7P. The topological polar surface area (TPSA) is 181 Å². The Morgan fingerprint density at radius 3 is 2.53 bits per heavy atom. The summed E-state index contributed by atoms with van der Waals surface area (Å²) < 4.78 is 32.4. The number of aromatic nitrogens is 4. The molecule has 13 nitrogen and oxygen atoms in total. The summed E-state index contributed by atoms with van der Waals surface area (Å²) in [6, 6.07) is 0. The molecule has 0 amide bonds. The van der Waals surface area contributed by atoms with E-state index in [9.17, 15) is 19.3 Å². The third-order valence-corrected chi connectivity index (χ3v) is 7.84. The van der Waals surface area contributed by atoms with E-state index in [4.69, 9.17) is 19.7 Å². The Labute approximate surface area is 209 Å². The van der Waals surface area contributed by atoms with Crippen LogP contribution in [0.2, 0.25) is 0 Å². The fourth-order valence-corrected chi connectivity index (χ4v) is 6.36. The molecule has 0 saturated heterocycles. The third-order valence-electron chi connectivity index (χ3n) is 5.93. The molecule has 2 aromatic heterocycles. The van der Waals surface area contributed by atoms with E-state index in [1.54, 1.807) is 31.7 Å². The van der Waals surface area contributed by atoms with Gasteiger partial charge in [0.05, 0.1) is 25.1 Å². The van der Waals surface area contributed by atoms with Crippen molar-refractivity contribution in [3.05, 3.63) is 12.7 Å². The average Bonchev–Trinajstić information content (AvgIpc) is 3.22. The van der Waals surface area contributed by atoms with Crippen LogP contribution in [0, 0.1) is 0 Å². The molecule has 14 heteroatoms. The van der Waals surface area contributed by atoms with Gasteiger partial charge >= 0.3 is 11.9 Å². The van der Waals surface area contributed by atoms with Gasteiger partial charge in [0.25, 0.3) is 7.52 Å². The van der Waals surface area contributed by atoms with Crippen LogP contribution in [0.25, 0.3) is 11.2 Å². The summed E-state index contributed by atoms with van der Waals surface area (Å²) in [4.78, 5) is 36.9. The Morgan fingerprint density at radius 2 is 1.89 bits per heavy atom. The molecule has 0 aliphatic heterocycles. The molecule has 0 bridgehead atoms. The van der Waals surface area contributed by atoms with Gasteiger partial charge in [-0.25, -0.2) is 24.8 Å². The Balaban J connectivity index is 1.76. The highest BCUT2D eigenvalue weighted by Gasteiger charge is 2.46. The predicted octanol–water partition coefficient (Wildman–Crippen LogP) is 2.70. The van der Waals surface area contributed by atoms with Gasteiger partial charge in [-0.2, -0.15) is 0 Å². The number of hydrogen-bond donors (Lipinski definition) is 3. The first-order valence-corrected chi connectivity index (χ1v) is 13.8. The number of nitrogens with two attached hydrogens (primary N) is 1. The monoisotopic (exact) mass is 526 g/mol. The molecule has 0 spiro atoms. The zero-order chi connectivity index (χ0) is 26.5. The van der Waals surface area contributed by atoms with Crippen molar-refractivity contribution in [2.45, 2.75) is 90.2 Å². The number of anilines is 1. The minimum absolute atomic E-state index is 0.253. The van der Waals surface area contributed by atoms with E-state index in [2.05, 4.69) is 20.0 Å². The lowest BCUT2D eigenvalue weighted by atomic mass is 9.83. The fraction of sp³-hybridized carbons (Fsp3) is 0.682. The van der Waals surface area contributed by atoms with Crippen molar-refractivity contribution in [3.63, 3.8) is 0 Å². The lowest BCUT2D eigenvalue weighted by Crippen LogP contribution is -2.52. The number of imidazole rings is 1. The highest BCUT2D eigenvalue weighted by molar-refractivity contribution is 7.56. The van der Waals surface area contributed by atoms with E-state index in [1.165, 1.54) is 13.3 Å². The molecule has 2 aromatic rings. The maximum absolute atomic E-state index is 14.0. The minimum atomic E-state index is -3.98. The van der Waals surface area contributed by atoms with Crippen molar-refractivity contribution in [3.8, 4) is 0 Å². The standard InChI is InChI=1S/C22H35N6O7P/c1-14(2)34-20(29)16(4)35-36(32,27-22(21(30)31)8-6-5-7-9-22)13-33-15(3)10-28-12-26-17-18(23)24-11-25-19(17)28/h11-12,14-16H,5-10,13H2,1-4H3,(H,27,32)(H,30,31)(H2,23,24,25)/t15-,16+,36-/m1/s1. The summed E-state index contributed by atoms with van der Waals surface area (Å²) >= 11 is 0. The number of nitrogens with zero attached hydrogens (tertiary/aromatic N) is 4. The molecular weight excluding hydrogens is 491 g/mol. The van der Waals surface area contributed by atoms with Crippen molar-refractivity contribution < 1.29 is 33.3 Å². The van der Waals surface area contributed by atoms with Crippen LogP contribution in [0.1, 0.15) is 59.8 Å². The SMILES string of the molecule is CC(C)OC(=O)[C@H](C)O[P@](=O)(CO[C@H](C)Cn1cnc2c(N)ncnc21)NC1(C(=O)O)CCCCC1. The highest BCUT2D eigenvalue weighted by atomic mass is 31.2. The Morgan fingerprint density at radius 1 is 1.19 bits per heavy atom. The van der Waals surface area contributed by atoms with Crippen molar-refractivity contribution in [1.29, 1.82) is 0 Å². The van der Waals surface area contributed by atoms with Crippen LogP contribution in [0.15, 0.2) is 12.7 Å². The van der Waals surface area contributed by atoms with Crippen LogP contribution >= 0.6 is 7.52 Å². The first kappa shape index (κ1) is 28.0. The van der Waals surface area contributed by atoms with E-state index in [0.717, 1.165) is 6.42 Å². The van der Waals surface area contributed by atoms with Gasteiger partial charge in [-0.1, -0.05) is 19.3 Å². The van der Waals surface area contributed by atoms with Crippen molar-refractivity contribution in [2.24, 2.45) is 0 Å². The van der Waals surface area contributed by atoms with Crippen LogP contribution in [0.5, 0.6) is 0 Å². The van der Waals surface area contributed by atoms with E-state index >= 15 is 0 Å². The molecule has 1 aliphatic carbocycles. The number of nitrogen functional groups attached to an aromatic ring is 1. The molecule has 200 valence electrons. The lowest BCUT2D eigenvalue weighted by molar-refractivity contribution is -0.155. The van der Waals surface area contributed by atoms with Gasteiger partial charge in [0, 0.05) is 0 Å². The van der Waals surface area contributed by atoms with Crippen LogP contribution in [-0.4, -0.2) is 66.8 Å². The maximum Gasteiger partial charge on any atom is 0.335 e. The number of carboxylic acid groups (broad SMARTS) is 1. The number of ether oxygens (including phenoxy) is 2. The maximum atomic E-state index is 14.0. The van der Waals surface area contributed by atoms with Crippen molar-refractivity contribution in [2.75, 3.05) is 12.1 Å². The van der Waals surface area contributed by atoms with Crippen molar-refractivity contribution >= 4 is 36.4 Å². The molecule has 3 atom stereocenters. The second-order valence-corrected chi connectivity index (χ2v) is 11.4. The largest absolute Gasteiger partial charge is 0.480 e. The normalized spacial score (nSPS) is 19.0. The molecule has 2 heterocycles. The minimum Gasteiger partial charge on any atom is -0.480 e. The average molecular weight is 527 g/mol. The van der Waals surface area contributed by atoms with Gasteiger partial charge in [0.15, 0.2) is 17.6 Å². The van der Waals surface area contributed by atoms with Crippen molar-refractivity contribution in [1.82, 2.24) is 24.6 Å². The number of esters is 1. The molecule has 1 fully saturated rings. The summed E-state index contributed by atoms with van der Waals surface area (Å²) in [5.41, 5.74) is 5.38. The van der Waals surface area contributed by atoms with Crippen LogP contribution in [-0.2, 0) is 34.7 Å². The van der Waals surface area contributed by atoms with Gasteiger partial charge in [-0.05, 0) is 40.5 Å². The van der Waals surface area contributed by atoms with E-state index in [0.29, 0.717) is 30.6 Å². The lowest BCUT2D eigenvalue weighted by Gasteiger charge is -2.37. The van der Waals surface area contributed by atoms with Crippen LogP contribution in [0.4, 0.5) is 5.82 Å². The second-order valence-electron chi connectivity index (χ2n) is 9.40. The molecule has 0 unspecified atom stereocenters. The number of hydrogen-bond acceptors (Lipinski definition) is 10. The number of rotatable bonds is 12. The zero-order valence-electron chi connectivity index (χ0n) is 21.0. The van der Waals surface area contributed by atoms with E-state index in [-0.39, 0.29) is 18.7 Å². The zero-order valence-corrected chi connectivity index (χ0v) is 21.9. The van der Waals surface area contributed by atoms with Crippen LogP contribution in [0.3, 0.4) is 0 Å². The van der Waals surface area contributed by atoms with Gasteiger partial charge in [0.1, 0.15) is 23.7 Å².